The molecule has 0 saturated carbocycles. The van der Waals surface area contributed by atoms with Crippen molar-refractivity contribution in [1.29, 1.82) is 0 Å². The molecular weight excluding hydrogens is 260 g/mol. The Hall–Kier alpha value is -1.51. The summed E-state index contributed by atoms with van der Waals surface area (Å²) in [4.78, 5) is 0. The van der Waals surface area contributed by atoms with Crippen molar-refractivity contribution in [2.45, 2.75) is 26.6 Å². The van der Waals surface area contributed by atoms with Gasteiger partial charge in [0.2, 0.25) is 0 Å². The molecule has 0 aliphatic heterocycles. The van der Waals surface area contributed by atoms with Crippen LogP contribution < -0.4 is 4.74 Å². The van der Waals surface area contributed by atoms with Gasteiger partial charge in [-0.2, -0.15) is 0 Å². The Bertz CT molecular complexity index is 564. The second-order valence-electron chi connectivity index (χ2n) is 4.60. The molecule has 1 N–H and O–H groups in total. The number of rotatable bonds is 4. The number of aliphatic hydroxyl groups excluding tert-OH is 1. The van der Waals surface area contributed by atoms with Crippen molar-refractivity contribution in [1.82, 2.24) is 0 Å². The number of halogens is 1. The zero-order chi connectivity index (χ0) is 13.8. The molecule has 2 rings (SSSR count). The predicted octanol–water partition coefficient (Wildman–Crippen LogP) is 4.28. The van der Waals surface area contributed by atoms with E-state index in [1.165, 1.54) is 0 Å². The maximum atomic E-state index is 9.77. The van der Waals surface area contributed by atoms with Crippen molar-refractivity contribution in [3.05, 3.63) is 64.2 Å². The lowest BCUT2D eigenvalue weighted by Gasteiger charge is -2.14. The third kappa shape index (κ3) is 3.49. The Morgan fingerprint density at radius 2 is 1.95 bits per heavy atom. The van der Waals surface area contributed by atoms with Gasteiger partial charge < -0.3 is 9.84 Å². The summed E-state index contributed by atoms with van der Waals surface area (Å²) in [5, 5.41) is 10.5. The summed E-state index contributed by atoms with van der Waals surface area (Å²) in [6, 6.07) is 13.4. The summed E-state index contributed by atoms with van der Waals surface area (Å²) in [6.07, 6.45) is -0.554. The Kier molecular flexibility index (Phi) is 4.46. The van der Waals surface area contributed by atoms with Crippen LogP contribution in [0, 0.1) is 6.92 Å². The van der Waals surface area contributed by atoms with E-state index in [1.54, 1.807) is 6.92 Å². The standard InChI is InChI=1S/C16H17ClO2/c1-11-7-8-16(14(9-11)12(2)18)19-10-13-5-3-4-6-15(13)17/h3-9,12,18H,10H2,1-2H3. The van der Waals surface area contributed by atoms with E-state index in [2.05, 4.69) is 0 Å². The summed E-state index contributed by atoms with van der Waals surface area (Å²) >= 11 is 6.09. The third-order valence-corrected chi connectivity index (χ3v) is 3.33. The quantitative estimate of drug-likeness (QED) is 0.903. The molecule has 0 heterocycles. The molecule has 0 fully saturated rings. The lowest BCUT2D eigenvalue weighted by Crippen LogP contribution is -2.01. The maximum absolute atomic E-state index is 9.77. The zero-order valence-corrected chi connectivity index (χ0v) is 11.8. The van der Waals surface area contributed by atoms with Crippen LogP contribution in [0.1, 0.15) is 29.7 Å². The topological polar surface area (TPSA) is 29.5 Å². The second-order valence-corrected chi connectivity index (χ2v) is 5.00. The monoisotopic (exact) mass is 276 g/mol. The van der Waals surface area contributed by atoms with Crippen molar-refractivity contribution in [3.8, 4) is 5.75 Å². The van der Waals surface area contributed by atoms with Crippen LogP contribution in [0.2, 0.25) is 5.02 Å². The van der Waals surface area contributed by atoms with Gasteiger partial charge in [-0.15, -0.1) is 0 Å². The molecule has 0 spiro atoms. The Labute approximate surface area is 118 Å². The molecule has 19 heavy (non-hydrogen) atoms. The molecule has 3 heteroatoms. The highest BCUT2D eigenvalue weighted by atomic mass is 35.5. The molecule has 2 aromatic rings. The van der Waals surface area contributed by atoms with Gasteiger partial charge in [0, 0.05) is 16.1 Å². The molecule has 2 nitrogen and oxygen atoms in total. The Morgan fingerprint density at radius 1 is 1.21 bits per heavy atom. The summed E-state index contributed by atoms with van der Waals surface area (Å²) in [7, 11) is 0. The molecule has 0 bridgehead atoms. The average Bonchev–Trinajstić information content (AvgIpc) is 2.38. The van der Waals surface area contributed by atoms with Crippen LogP contribution in [-0.4, -0.2) is 5.11 Å². The highest BCUT2D eigenvalue weighted by Gasteiger charge is 2.10. The normalized spacial score (nSPS) is 12.2. The lowest BCUT2D eigenvalue weighted by atomic mass is 10.1. The summed E-state index contributed by atoms with van der Waals surface area (Å²) in [5.74, 6) is 0.695. The van der Waals surface area contributed by atoms with Crippen LogP contribution in [0.3, 0.4) is 0 Å². The first-order valence-corrected chi connectivity index (χ1v) is 6.60. The lowest BCUT2D eigenvalue weighted by molar-refractivity contribution is 0.190. The number of hydrogen-bond donors (Lipinski definition) is 1. The molecule has 1 unspecified atom stereocenters. The molecule has 2 aromatic carbocycles. The summed E-state index contributed by atoms with van der Waals surface area (Å²) in [6.45, 7) is 4.11. The smallest absolute Gasteiger partial charge is 0.125 e. The van der Waals surface area contributed by atoms with Crippen molar-refractivity contribution in [2.75, 3.05) is 0 Å². The fraction of sp³-hybridized carbons (Fsp3) is 0.250. The van der Waals surface area contributed by atoms with Crippen LogP contribution in [-0.2, 0) is 6.61 Å². The van der Waals surface area contributed by atoms with E-state index in [1.807, 2.05) is 49.4 Å². The fourth-order valence-corrected chi connectivity index (χ4v) is 2.09. The van der Waals surface area contributed by atoms with E-state index >= 15 is 0 Å². The van der Waals surface area contributed by atoms with Crippen LogP contribution in [0.15, 0.2) is 42.5 Å². The molecule has 1 atom stereocenters. The summed E-state index contributed by atoms with van der Waals surface area (Å²) < 4.78 is 5.78. The molecule has 100 valence electrons. The number of aliphatic hydroxyl groups is 1. The second kappa shape index (κ2) is 6.09. The van der Waals surface area contributed by atoms with Gasteiger partial charge in [0.1, 0.15) is 12.4 Å². The first-order valence-electron chi connectivity index (χ1n) is 6.22. The zero-order valence-electron chi connectivity index (χ0n) is 11.1. The van der Waals surface area contributed by atoms with E-state index in [0.717, 1.165) is 16.7 Å². The molecule has 0 aromatic heterocycles. The maximum Gasteiger partial charge on any atom is 0.125 e. The van der Waals surface area contributed by atoms with Crippen LogP contribution in [0.4, 0.5) is 0 Å². The van der Waals surface area contributed by atoms with Crippen molar-refractivity contribution in [2.24, 2.45) is 0 Å². The third-order valence-electron chi connectivity index (χ3n) is 2.96. The van der Waals surface area contributed by atoms with Gasteiger partial charge in [0.15, 0.2) is 0 Å². The fourth-order valence-electron chi connectivity index (χ4n) is 1.90. The van der Waals surface area contributed by atoms with Gasteiger partial charge in [-0.3, -0.25) is 0 Å². The summed E-state index contributed by atoms with van der Waals surface area (Å²) in [5.41, 5.74) is 2.83. The largest absolute Gasteiger partial charge is 0.488 e. The van der Waals surface area contributed by atoms with Crippen molar-refractivity contribution >= 4 is 11.6 Å². The number of aryl methyl sites for hydroxylation is 1. The molecule has 0 saturated heterocycles. The van der Waals surface area contributed by atoms with E-state index in [-0.39, 0.29) is 0 Å². The van der Waals surface area contributed by atoms with E-state index in [0.29, 0.717) is 17.4 Å². The molecule has 0 amide bonds. The first kappa shape index (κ1) is 13.9. The first-order chi connectivity index (χ1) is 9.08. The van der Waals surface area contributed by atoms with E-state index in [4.69, 9.17) is 16.3 Å². The molecule has 0 radical (unpaired) electrons. The van der Waals surface area contributed by atoms with Gasteiger partial charge in [0.05, 0.1) is 6.10 Å². The highest BCUT2D eigenvalue weighted by molar-refractivity contribution is 6.31. The minimum atomic E-state index is -0.554. The minimum Gasteiger partial charge on any atom is -0.488 e. The van der Waals surface area contributed by atoms with Crippen molar-refractivity contribution in [3.63, 3.8) is 0 Å². The highest BCUT2D eigenvalue weighted by Crippen LogP contribution is 2.27. The molecule has 0 aliphatic carbocycles. The van der Waals surface area contributed by atoms with Gasteiger partial charge in [-0.1, -0.05) is 41.4 Å². The average molecular weight is 277 g/mol. The number of ether oxygens (including phenoxy) is 1. The van der Waals surface area contributed by atoms with Crippen LogP contribution in [0.5, 0.6) is 5.75 Å². The Balaban J connectivity index is 2.18. The van der Waals surface area contributed by atoms with E-state index < -0.39 is 6.10 Å². The van der Waals surface area contributed by atoms with Crippen LogP contribution >= 0.6 is 11.6 Å². The van der Waals surface area contributed by atoms with Gasteiger partial charge in [0.25, 0.3) is 0 Å². The van der Waals surface area contributed by atoms with E-state index in [9.17, 15) is 5.11 Å². The molecular formula is C16H17ClO2. The SMILES string of the molecule is Cc1ccc(OCc2ccccc2Cl)c(C(C)O)c1. The number of benzene rings is 2. The predicted molar refractivity (Wildman–Crippen MR) is 77.6 cm³/mol. The van der Waals surface area contributed by atoms with Gasteiger partial charge >= 0.3 is 0 Å². The minimum absolute atomic E-state index is 0.391. The van der Waals surface area contributed by atoms with Crippen molar-refractivity contribution < 1.29 is 9.84 Å². The number of hydrogen-bond acceptors (Lipinski definition) is 2. The van der Waals surface area contributed by atoms with Crippen LogP contribution in [0.25, 0.3) is 0 Å². The molecule has 0 aliphatic rings. The Morgan fingerprint density at radius 3 is 2.63 bits per heavy atom. The van der Waals surface area contributed by atoms with Gasteiger partial charge in [-0.25, -0.2) is 0 Å². The van der Waals surface area contributed by atoms with Gasteiger partial charge in [-0.05, 0) is 32.0 Å².